The quantitative estimate of drug-likeness (QED) is 0.223. The average molecular weight is 487 g/mol. The molecule has 0 spiro atoms. The number of Topliss-reactive ketones (excluding diaryl/α,β-unsaturated/α-hetero) is 2. The second-order valence-corrected chi connectivity index (χ2v) is 8.49. The Hall–Kier alpha value is -4.03. The molecule has 0 radical (unpaired) electrons. The molecule has 0 fully saturated rings. The molecule has 0 aliphatic rings. The lowest BCUT2D eigenvalue weighted by Crippen LogP contribution is -2.25. The summed E-state index contributed by atoms with van der Waals surface area (Å²) in [5.74, 6) is -1.23. The van der Waals surface area contributed by atoms with E-state index in [9.17, 15) is 14.4 Å². The Morgan fingerprint density at radius 1 is 0.800 bits per heavy atom. The molecule has 4 aromatic rings. The molecule has 0 aliphatic heterocycles. The number of rotatable bonds is 8. The van der Waals surface area contributed by atoms with Crippen LogP contribution in [0.3, 0.4) is 0 Å². The highest BCUT2D eigenvalue weighted by Gasteiger charge is 2.27. The third-order valence-corrected chi connectivity index (χ3v) is 5.85. The van der Waals surface area contributed by atoms with Gasteiger partial charge in [-0.25, -0.2) is 4.79 Å². The van der Waals surface area contributed by atoms with Crippen molar-refractivity contribution in [2.24, 2.45) is 0 Å². The van der Waals surface area contributed by atoms with Gasteiger partial charge in [0.05, 0.1) is 5.69 Å². The van der Waals surface area contributed by atoms with Gasteiger partial charge < -0.3 is 4.74 Å². The highest BCUT2D eigenvalue weighted by Crippen LogP contribution is 2.27. The molecule has 0 unspecified atom stereocenters. The van der Waals surface area contributed by atoms with Gasteiger partial charge in [-0.2, -0.15) is 5.10 Å². The van der Waals surface area contributed by atoms with E-state index >= 15 is 0 Å². The number of halogens is 1. The Morgan fingerprint density at radius 2 is 1.34 bits per heavy atom. The van der Waals surface area contributed by atoms with E-state index in [0.717, 1.165) is 5.56 Å². The normalized spacial score (nSPS) is 12.5. The standard InChI is InChI=1S/C28H23ClN2O4/c1-18(26(32)21-9-5-3-6-10-21)31-25(20-13-15-23(29)16-14-20)17-24(30-31)28(34)35-19(2)27(33)22-11-7-4-8-12-22/h3-19H,1-2H3/t18-,19+/m1/s1. The van der Waals surface area contributed by atoms with Crippen LogP contribution in [0, 0.1) is 0 Å². The molecule has 3 aromatic carbocycles. The topological polar surface area (TPSA) is 78.3 Å². The molecule has 1 aromatic heterocycles. The number of nitrogens with zero attached hydrogens (tertiary/aromatic N) is 2. The number of carbonyl (C=O) groups is 3. The molecule has 1 heterocycles. The summed E-state index contributed by atoms with van der Waals surface area (Å²) in [6, 6.07) is 25.4. The smallest absolute Gasteiger partial charge is 0.359 e. The van der Waals surface area contributed by atoms with Gasteiger partial charge in [-0.15, -0.1) is 0 Å². The molecule has 0 N–H and O–H groups in total. The number of carbonyl (C=O) groups excluding carboxylic acids is 3. The van der Waals surface area contributed by atoms with Crippen molar-refractivity contribution in [3.05, 3.63) is 113 Å². The van der Waals surface area contributed by atoms with Crippen LogP contribution < -0.4 is 0 Å². The molecule has 7 heteroatoms. The summed E-state index contributed by atoms with van der Waals surface area (Å²) in [5, 5.41) is 4.97. The minimum absolute atomic E-state index is 0.00428. The minimum atomic E-state index is -1.00. The number of hydrogen-bond donors (Lipinski definition) is 0. The predicted octanol–water partition coefficient (Wildman–Crippen LogP) is 6.08. The molecule has 2 atom stereocenters. The Bertz CT molecular complexity index is 1350. The number of hydrogen-bond acceptors (Lipinski definition) is 5. The summed E-state index contributed by atoms with van der Waals surface area (Å²) in [7, 11) is 0. The number of ketones is 2. The summed E-state index contributed by atoms with van der Waals surface area (Å²) in [6.07, 6.45) is -1.00. The first-order valence-electron chi connectivity index (χ1n) is 11.1. The zero-order valence-electron chi connectivity index (χ0n) is 19.2. The lowest BCUT2D eigenvalue weighted by molar-refractivity contribution is 0.0312. The van der Waals surface area contributed by atoms with Crippen LogP contribution in [-0.2, 0) is 4.74 Å². The van der Waals surface area contributed by atoms with Crippen LogP contribution in [0.2, 0.25) is 5.02 Å². The third kappa shape index (κ3) is 5.39. The van der Waals surface area contributed by atoms with Crippen molar-refractivity contribution in [2.45, 2.75) is 26.0 Å². The van der Waals surface area contributed by atoms with E-state index in [1.54, 1.807) is 91.9 Å². The molecule has 0 amide bonds. The molecule has 0 saturated carbocycles. The van der Waals surface area contributed by atoms with Crippen molar-refractivity contribution in [1.82, 2.24) is 9.78 Å². The van der Waals surface area contributed by atoms with E-state index in [-0.39, 0.29) is 17.3 Å². The molecule has 35 heavy (non-hydrogen) atoms. The van der Waals surface area contributed by atoms with E-state index < -0.39 is 18.1 Å². The van der Waals surface area contributed by atoms with Crippen molar-refractivity contribution in [3.63, 3.8) is 0 Å². The molecule has 0 bridgehead atoms. The second-order valence-electron chi connectivity index (χ2n) is 8.05. The molecular formula is C28H23ClN2O4. The highest BCUT2D eigenvalue weighted by molar-refractivity contribution is 6.30. The van der Waals surface area contributed by atoms with E-state index in [4.69, 9.17) is 16.3 Å². The highest BCUT2D eigenvalue weighted by atomic mass is 35.5. The minimum Gasteiger partial charge on any atom is -0.449 e. The predicted molar refractivity (Wildman–Crippen MR) is 134 cm³/mol. The Labute approximate surface area is 208 Å². The van der Waals surface area contributed by atoms with Gasteiger partial charge in [0.15, 0.2) is 17.6 Å². The van der Waals surface area contributed by atoms with Crippen molar-refractivity contribution >= 4 is 29.1 Å². The van der Waals surface area contributed by atoms with Gasteiger partial charge in [-0.3, -0.25) is 14.3 Å². The van der Waals surface area contributed by atoms with Crippen LogP contribution in [0.4, 0.5) is 0 Å². The van der Waals surface area contributed by atoms with Gasteiger partial charge in [0, 0.05) is 16.1 Å². The Balaban J connectivity index is 1.65. The van der Waals surface area contributed by atoms with Crippen LogP contribution in [0.1, 0.15) is 51.1 Å². The van der Waals surface area contributed by atoms with Crippen LogP contribution in [0.25, 0.3) is 11.3 Å². The number of benzene rings is 3. The first-order valence-corrected chi connectivity index (χ1v) is 11.5. The lowest BCUT2D eigenvalue weighted by atomic mass is 10.0. The van der Waals surface area contributed by atoms with Crippen LogP contribution in [0.15, 0.2) is 91.0 Å². The SMILES string of the molecule is C[C@H](OC(=O)c1cc(-c2ccc(Cl)cc2)n([C@H](C)C(=O)c2ccccc2)n1)C(=O)c1ccccc1. The van der Waals surface area contributed by atoms with Gasteiger partial charge in [-0.1, -0.05) is 84.4 Å². The molecule has 4 rings (SSSR count). The van der Waals surface area contributed by atoms with Crippen molar-refractivity contribution < 1.29 is 19.1 Å². The third-order valence-electron chi connectivity index (χ3n) is 5.60. The largest absolute Gasteiger partial charge is 0.449 e. The van der Waals surface area contributed by atoms with Crippen LogP contribution in [-0.4, -0.2) is 33.4 Å². The van der Waals surface area contributed by atoms with E-state index in [1.165, 1.54) is 11.6 Å². The maximum absolute atomic E-state index is 13.1. The maximum Gasteiger partial charge on any atom is 0.359 e. The second kappa shape index (κ2) is 10.5. The summed E-state index contributed by atoms with van der Waals surface area (Å²) in [6.45, 7) is 3.24. The Kier molecular flexibility index (Phi) is 7.22. The fraction of sp³-hybridized carbons (Fsp3) is 0.143. The lowest BCUT2D eigenvalue weighted by Gasteiger charge is -2.15. The number of ether oxygens (including phenoxy) is 1. The van der Waals surface area contributed by atoms with Crippen LogP contribution >= 0.6 is 11.6 Å². The van der Waals surface area contributed by atoms with Crippen molar-refractivity contribution in [1.29, 1.82) is 0 Å². The fourth-order valence-electron chi connectivity index (χ4n) is 3.69. The van der Waals surface area contributed by atoms with Gasteiger partial charge >= 0.3 is 5.97 Å². The molecule has 0 saturated heterocycles. The monoisotopic (exact) mass is 486 g/mol. The van der Waals surface area contributed by atoms with Crippen LogP contribution in [0.5, 0.6) is 0 Å². The molecule has 0 aliphatic carbocycles. The van der Waals surface area contributed by atoms with Gasteiger partial charge in [-0.05, 0) is 37.6 Å². The molecule has 176 valence electrons. The first-order chi connectivity index (χ1) is 16.8. The zero-order chi connectivity index (χ0) is 24.9. The van der Waals surface area contributed by atoms with E-state index in [0.29, 0.717) is 21.8 Å². The molecular weight excluding hydrogens is 464 g/mol. The van der Waals surface area contributed by atoms with Crippen molar-refractivity contribution in [2.75, 3.05) is 0 Å². The summed E-state index contributed by atoms with van der Waals surface area (Å²) < 4.78 is 6.93. The maximum atomic E-state index is 13.1. The zero-order valence-corrected chi connectivity index (χ0v) is 20.0. The van der Waals surface area contributed by atoms with E-state index in [2.05, 4.69) is 5.10 Å². The van der Waals surface area contributed by atoms with Gasteiger partial charge in [0.25, 0.3) is 0 Å². The fourth-order valence-corrected chi connectivity index (χ4v) is 3.82. The number of esters is 1. The van der Waals surface area contributed by atoms with E-state index in [1.807, 2.05) is 6.07 Å². The summed E-state index contributed by atoms with van der Waals surface area (Å²) in [5.41, 5.74) is 2.25. The summed E-state index contributed by atoms with van der Waals surface area (Å²) >= 11 is 6.04. The number of aromatic nitrogens is 2. The first kappa shape index (κ1) is 24.1. The van der Waals surface area contributed by atoms with Gasteiger partial charge in [0.1, 0.15) is 6.04 Å². The summed E-state index contributed by atoms with van der Waals surface area (Å²) in [4.78, 5) is 38.7. The Morgan fingerprint density at radius 3 is 1.91 bits per heavy atom. The average Bonchev–Trinajstić information content (AvgIpc) is 3.34. The molecule has 6 nitrogen and oxygen atoms in total. The van der Waals surface area contributed by atoms with Crippen molar-refractivity contribution in [3.8, 4) is 11.3 Å². The van der Waals surface area contributed by atoms with Gasteiger partial charge in [0.2, 0.25) is 5.78 Å².